The lowest BCUT2D eigenvalue weighted by molar-refractivity contribution is -0.150. The van der Waals surface area contributed by atoms with Gasteiger partial charge in [0, 0.05) is 6.54 Å². The minimum Gasteiger partial charge on any atom is -0.461 e. The molecule has 1 aliphatic rings. The second kappa shape index (κ2) is 10.1. The molecule has 2 unspecified atom stereocenters. The van der Waals surface area contributed by atoms with Gasteiger partial charge in [0.05, 0.1) is 17.4 Å². The Morgan fingerprint density at radius 1 is 1.12 bits per heavy atom. The molecule has 5 nitrogen and oxygen atoms in total. The van der Waals surface area contributed by atoms with E-state index in [9.17, 15) is 13.2 Å². The third-order valence-corrected chi connectivity index (χ3v) is 7.32. The third-order valence-electron chi connectivity index (χ3n) is 5.12. The average Bonchev–Trinajstić information content (AvgIpc) is 2.63. The second-order valence-corrected chi connectivity index (χ2v) is 9.14. The van der Waals surface area contributed by atoms with E-state index in [1.54, 1.807) is 0 Å². The summed E-state index contributed by atoms with van der Waals surface area (Å²) >= 11 is 0. The smallest absolute Gasteiger partial charge is 0.307 e. The zero-order chi connectivity index (χ0) is 19.0. The van der Waals surface area contributed by atoms with Gasteiger partial charge in [0.1, 0.15) is 6.10 Å². The molecule has 1 fully saturated rings. The van der Waals surface area contributed by atoms with Gasteiger partial charge in [-0.15, -0.1) is 0 Å². The summed E-state index contributed by atoms with van der Waals surface area (Å²) in [5, 5.41) is -0.589. The van der Waals surface area contributed by atoms with Crippen LogP contribution in [0.4, 0.5) is 0 Å². The molecule has 1 aromatic carbocycles. The molecule has 0 saturated heterocycles. The van der Waals surface area contributed by atoms with Crippen molar-refractivity contribution in [3.8, 4) is 0 Å². The first-order valence-corrected chi connectivity index (χ1v) is 11.3. The molecule has 1 aliphatic carbocycles. The summed E-state index contributed by atoms with van der Waals surface area (Å²) in [7, 11) is -3.36. The van der Waals surface area contributed by atoms with Crippen LogP contribution in [-0.4, -0.2) is 50.3 Å². The summed E-state index contributed by atoms with van der Waals surface area (Å²) in [6.07, 6.45) is 2.78. The quantitative estimate of drug-likeness (QED) is 0.615. The number of ether oxygens (including phenoxy) is 1. The number of hydrogen-bond donors (Lipinski definition) is 0. The maximum Gasteiger partial charge on any atom is 0.307 e. The molecular weight excluding hydrogens is 350 g/mol. The number of nitrogens with zero attached hydrogens (tertiary/aromatic N) is 1. The van der Waals surface area contributed by atoms with Crippen LogP contribution in [0.5, 0.6) is 0 Å². The topological polar surface area (TPSA) is 63.7 Å². The monoisotopic (exact) mass is 381 g/mol. The molecule has 6 heteroatoms. The molecule has 146 valence electrons. The molecular formula is C20H31NO4S. The molecule has 2 atom stereocenters. The summed E-state index contributed by atoms with van der Waals surface area (Å²) < 4.78 is 31.4. The first-order valence-electron chi connectivity index (χ1n) is 9.63. The van der Waals surface area contributed by atoms with Crippen LogP contribution in [0.15, 0.2) is 30.3 Å². The summed E-state index contributed by atoms with van der Waals surface area (Å²) in [6.45, 7) is 6.55. The Hall–Kier alpha value is -1.40. The van der Waals surface area contributed by atoms with E-state index in [1.165, 1.54) is 0 Å². The third kappa shape index (κ3) is 6.09. The normalized spacial score (nSPS) is 20.9. The summed E-state index contributed by atoms with van der Waals surface area (Å²) in [5.41, 5.74) is 0.782. The van der Waals surface area contributed by atoms with Crippen molar-refractivity contribution in [2.24, 2.45) is 0 Å². The number of rotatable bonds is 9. The highest BCUT2D eigenvalue weighted by molar-refractivity contribution is 7.91. The van der Waals surface area contributed by atoms with Gasteiger partial charge in [-0.25, -0.2) is 8.42 Å². The van der Waals surface area contributed by atoms with Crippen molar-refractivity contribution < 1.29 is 17.9 Å². The number of hydrogen-bond acceptors (Lipinski definition) is 5. The molecule has 2 rings (SSSR count). The molecule has 0 radical (unpaired) electrons. The molecule has 0 amide bonds. The Bertz CT molecular complexity index is 656. The Balaban J connectivity index is 1.99. The fourth-order valence-electron chi connectivity index (χ4n) is 3.54. The SMILES string of the molecule is CCN(CC)CCC(=O)OC1CCCCC1S(=O)(=O)Cc1ccccc1. The van der Waals surface area contributed by atoms with Crippen LogP contribution in [0.2, 0.25) is 0 Å². The highest BCUT2D eigenvalue weighted by atomic mass is 32.2. The maximum absolute atomic E-state index is 12.9. The zero-order valence-electron chi connectivity index (χ0n) is 15.9. The fraction of sp³-hybridized carbons (Fsp3) is 0.650. The average molecular weight is 382 g/mol. The standard InChI is InChI=1S/C20H31NO4S/c1-3-21(4-2)15-14-20(22)25-18-12-8-9-13-19(18)26(23,24)16-17-10-6-5-7-11-17/h5-7,10-11,18-19H,3-4,8-9,12-16H2,1-2H3. The van der Waals surface area contributed by atoms with Gasteiger partial charge in [-0.05, 0) is 37.9 Å². The first kappa shape index (κ1) is 20.9. The van der Waals surface area contributed by atoms with E-state index in [4.69, 9.17) is 4.74 Å². The van der Waals surface area contributed by atoms with E-state index in [0.717, 1.165) is 31.5 Å². The molecule has 0 heterocycles. The Morgan fingerprint density at radius 2 is 1.77 bits per heavy atom. The molecule has 0 aromatic heterocycles. The van der Waals surface area contributed by atoms with Crippen molar-refractivity contribution in [3.05, 3.63) is 35.9 Å². The summed E-state index contributed by atoms with van der Waals surface area (Å²) in [5.74, 6) is -0.282. The van der Waals surface area contributed by atoms with E-state index in [2.05, 4.69) is 18.7 Å². The largest absolute Gasteiger partial charge is 0.461 e. The van der Waals surface area contributed by atoms with Gasteiger partial charge in [-0.2, -0.15) is 0 Å². The molecule has 0 aliphatic heterocycles. The van der Waals surface area contributed by atoms with Crippen LogP contribution in [0, 0.1) is 0 Å². The second-order valence-electron chi connectivity index (χ2n) is 6.92. The van der Waals surface area contributed by atoms with Gasteiger partial charge in [-0.3, -0.25) is 4.79 Å². The van der Waals surface area contributed by atoms with Crippen molar-refractivity contribution in [1.82, 2.24) is 4.90 Å². The first-order chi connectivity index (χ1) is 12.5. The highest BCUT2D eigenvalue weighted by Gasteiger charge is 2.37. The molecule has 0 bridgehead atoms. The number of benzene rings is 1. The van der Waals surface area contributed by atoms with Crippen molar-refractivity contribution in [3.63, 3.8) is 0 Å². The Labute approximate surface area is 157 Å². The van der Waals surface area contributed by atoms with E-state index in [0.29, 0.717) is 25.8 Å². The predicted molar refractivity (Wildman–Crippen MR) is 104 cm³/mol. The molecule has 26 heavy (non-hydrogen) atoms. The lowest BCUT2D eigenvalue weighted by atomic mass is 9.97. The molecule has 0 spiro atoms. The van der Waals surface area contributed by atoms with Crippen LogP contribution in [-0.2, 0) is 25.1 Å². The zero-order valence-corrected chi connectivity index (χ0v) is 16.7. The van der Waals surface area contributed by atoms with E-state index in [-0.39, 0.29) is 11.7 Å². The lowest BCUT2D eigenvalue weighted by Gasteiger charge is -2.31. The maximum atomic E-state index is 12.9. The van der Waals surface area contributed by atoms with Crippen LogP contribution < -0.4 is 0 Å². The van der Waals surface area contributed by atoms with Crippen molar-refractivity contribution >= 4 is 15.8 Å². The number of carbonyl (C=O) groups excluding carboxylic acids is 1. The van der Waals surface area contributed by atoms with Crippen LogP contribution in [0.25, 0.3) is 0 Å². The van der Waals surface area contributed by atoms with Crippen LogP contribution >= 0.6 is 0 Å². The van der Waals surface area contributed by atoms with Crippen LogP contribution in [0.1, 0.15) is 51.5 Å². The van der Waals surface area contributed by atoms with Gasteiger partial charge in [0.2, 0.25) is 0 Å². The summed E-state index contributed by atoms with van der Waals surface area (Å²) in [6, 6.07) is 9.21. The highest BCUT2D eigenvalue weighted by Crippen LogP contribution is 2.29. The Morgan fingerprint density at radius 3 is 2.42 bits per heavy atom. The summed E-state index contributed by atoms with van der Waals surface area (Å²) in [4.78, 5) is 14.4. The fourth-order valence-corrected chi connectivity index (χ4v) is 5.59. The van der Waals surface area contributed by atoms with E-state index >= 15 is 0 Å². The number of carbonyl (C=O) groups is 1. The molecule has 1 aromatic rings. The van der Waals surface area contributed by atoms with Crippen LogP contribution in [0.3, 0.4) is 0 Å². The molecule has 0 N–H and O–H groups in total. The number of sulfone groups is 1. The van der Waals surface area contributed by atoms with Crippen molar-refractivity contribution in [1.29, 1.82) is 0 Å². The van der Waals surface area contributed by atoms with Gasteiger partial charge in [0.25, 0.3) is 0 Å². The van der Waals surface area contributed by atoms with Crippen molar-refractivity contribution in [2.75, 3.05) is 19.6 Å². The van der Waals surface area contributed by atoms with Gasteiger partial charge in [0.15, 0.2) is 9.84 Å². The number of esters is 1. The Kier molecular flexibility index (Phi) is 8.10. The lowest BCUT2D eigenvalue weighted by Crippen LogP contribution is -2.41. The predicted octanol–water partition coefficient (Wildman–Crippen LogP) is 3.19. The van der Waals surface area contributed by atoms with Gasteiger partial charge >= 0.3 is 5.97 Å². The molecule has 1 saturated carbocycles. The van der Waals surface area contributed by atoms with Crippen molar-refractivity contribution in [2.45, 2.75) is 63.1 Å². The van der Waals surface area contributed by atoms with Gasteiger partial charge in [-0.1, -0.05) is 50.6 Å². The van der Waals surface area contributed by atoms with E-state index < -0.39 is 21.2 Å². The van der Waals surface area contributed by atoms with E-state index in [1.807, 2.05) is 30.3 Å². The minimum atomic E-state index is -3.36. The minimum absolute atomic E-state index is 0.00596. The van der Waals surface area contributed by atoms with Gasteiger partial charge < -0.3 is 9.64 Å².